The lowest BCUT2D eigenvalue weighted by molar-refractivity contribution is 0.534. The Kier molecular flexibility index (Phi) is 2.38. The van der Waals surface area contributed by atoms with Crippen LogP contribution in [0.15, 0.2) is 16.7 Å². The number of hydrogen-bond acceptors (Lipinski definition) is 4. The average Bonchev–Trinajstić information content (AvgIpc) is 2.92. The van der Waals surface area contributed by atoms with Crippen molar-refractivity contribution in [1.82, 2.24) is 19.8 Å². The van der Waals surface area contributed by atoms with E-state index in [0.29, 0.717) is 16.6 Å². The molecule has 0 aliphatic carbocycles. The van der Waals surface area contributed by atoms with Crippen LogP contribution in [0.1, 0.15) is 16.9 Å². The number of aryl methyl sites for hydroxylation is 2. The van der Waals surface area contributed by atoms with E-state index >= 15 is 0 Å². The molecule has 0 spiro atoms. The van der Waals surface area contributed by atoms with E-state index in [1.807, 2.05) is 26.8 Å². The number of halogens is 1. The lowest BCUT2D eigenvalue weighted by Gasteiger charge is -2.03. The molecule has 0 bridgehead atoms. The molecule has 3 heterocycles. The summed E-state index contributed by atoms with van der Waals surface area (Å²) in [7, 11) is 0. The Morgan fingerprint density at radius 1 is 1.17 bits per heavy atom. The third-order valence-corrected chi connectivity index (χ3v) is 3.38. The monoisotopic (exact) mass is 262 g/mol. The van der Waals surface area contributed by atoms with Crippen LogP contribution in [0.3, 0.4) is 0 Å². The van der Waals surface area contributed by atoms with Gasteiger partial charge in [-0.1, -0.05) is 11.6 Å². The molecule has 0 amide bonds. The van der Waals surface area contributed by atoms with E-state index < -0.39 is 0 Å². The molecule has 6 heteroatoms. The average molecular weight is 263 g/mol. The number of nitrogens with zero attached hydrogens (tertiary/aromatic N) is 4. The molecule has 0 radical (unpaired) electrons. The van der Waals surface area contributed by atoms with Crippen molar-refractivity contribution in [1.29, 1.82) is 0 Å². The van der Waals surface area contributed by atoms with Gasteiger partial charge in [0.1, 0.15) is 12.0 Å². The lowest BCUT2D eigenvalue weighted by atomic mass is 10.2. The zero-order valence-electron chi connectivity index (χ0n) is 10.2. The molecule has 0 unspecified atom stereocenters. The highest BCUT2D eigenvalue weighted by Gasteiger charge is 2.15. The maximum atomic E-state index is 6.10. The van der Waals surface area contributed by atoms with E-state index in [1.54, 1.807) is 10.8 Å². The molecule has 0 saturated carbocycles. The summed E-state index contributed by atoms with van der Waals surface area (Å²) in [5.41, 5.74) is 3.46. The van der Waals surface area contributed by atoms with E-state index in [9.17, 15) is 0 Å². The topological polar surface area (TPSA) is 56.2 Å². The summed E-state index contributed by atoms with van der Waals surface area (Å²) >= 11 is 6.10. The van der Waals surface area contributed by atoms with Gasteiger partial charge in [-0.15, -0.1) is 10.2 Å². The lowest BCUT2D eigenvalue weighted by Crippen LogP contribution is -1.99. The minimum atomic E-state index is 0.460. The Balaban J connectivity index is 2.33. The second kappa shape index (κ2) is 3.81. The first-order valence-electron chi connectivity index (χ1n) is 5.51. The molecule has 18 heavy (non-hydrogen) atoms. The van der Waals surface area contributed by atoms with Gasteiger partial charge in [0.25, 0.3) is 0 Å². The van der Waals surface area contributed by atoms with Gasteiger partial charge < -0.3 is 4.42 Å². The molecule has 0 fully saturated rings. The second-order valence-electron chi connectivity index (χ2n) is 4.25. The van der Waals surface area contributed by atoms with Crippen molar-refractivity contribution >= 4 is 17.2 Å². The van der Waals surface area contributed by atoms with Crippen molar-refractivity contribution in [3.8, 4) is 11.4 Å². The van der Waals surface area contributed by atoms with Gasteiger partial charge in [0.15, 0.2) is 16.6 Å². The van der Waals surface area contributed by atoms with Crippen molar-refractivity contribution < 1.29 is 4.42 Å². The highest BCUT2D eigenvalue weighted by Crippen LogP contribution is 2.24. The minimum Gasteiger partial charge on any atom is -0.469 e. The van der Waals surface area contributed by atoms with Gasteiger partial charge in [-0.3, -0.25) is 0 Å². The fourth-order valence-electron chi connectivity index (χ4n) is 1.83. The van der Waals surface area contributed by atoms with Gasteiger partial charge in [-0.25, -0.2) is 0 Å². The van der Waals surface area contributed by atoms with Gasteiger partial charge in [0.2, 0.25) is 0 Å². The van der Waals surface area contributed by atoms with E-state index in [-0.39, 0.29) is 0 Å². The van der Waals surface area contributed by atoms with Crippen LogP contribution >= 0.6 is 11.6 Å². The Bertz CT molecular complexity index is 744. The van der Waals surface area contributed by atoms with E-state index in [0.717, 1.165) is 22.5 Å². The molecule has 0 saturated heterocycles. The van der Waals surface area contributed by atoms with E-state index in [4.69, 9.17) is 16.0 Å². The summed E-state index contributed by atoms with van der Waals surface area (Å²) in [5.74, 6) is 1.45. The maximum absolute atomic E-state index is 6.10. The fourth-order valence-corrected chi connectivity index (χ4v) is 2.05. The maximum Gasteiger partial charge on any atom is 0.188 e. The zero-order chi connectivity index (χ0) is 12.9. The second-order valence-corrected chi connectivity index (χ2v) is 4.60. The standard InChI is InChI=1S/C12H11ClN4O/c1-6-4-9(5-18-6)12-15-14-11-8(3)7(2)10(13)16-17(11)12/h4-5H,1-3H3. The van der Waals surface area contributed by atoms with Gasteiger partial charge >= 0.3 is 0 Å². The molecule has 3 aromatic heterocycles. The normalized spacial score (nSPS) is 11.3. The summed E-state index contributed by atoms with van der Waals surface area (Å²) in [6.07, 6.45) is 1.64. The summed E-state index contributed by atoms with van der Waals surface area (Å²) < 4.78 is 6.93. The Morgan fingerprint density at radius 2 is 1.94 bits per heavy atom. The number of fused-ring (bicyclic) bond motifs is 1. The Morgan fingerprint density at radius 3 is 2.61 bits per heavy atom. The molecular weight excluding hydrogens is 252 g/mol. The van der Waals surface area contributed by atoms with E-state index in [2.05, 4.69) is 15.3 Å². The highest BCUT2D eigenvalue weighted by atomic mass is 35.5. The minimum absolute atomic E-state index is 0.460. The third-order valence-electron chi connectivity index (χ3n) is 3.02. The van der Waals surface area contributed by atoms with Crippen LogP contribution in [0.2, 0.25) is 5.15 Å². The molecule has 0 aliphatic rings. The summed E-state index contributed by atoms with van der Waals surface area (Å²) in [4.78, 5) is 0. The van der Waals surface area contributed by atoms with Gasteiger partial charge in [-0.2, -0.15) is 9.61 Å². The van der Waals surface area contributed by atoms with Crippen molar-refractivity contribution in [2.24, 2.45) is 0 Å². The molecular formula is C12H11ClN4O. The first-order chi connectivity index (χ1) is 8.58. The van der Waals surface area contributed by atoms with Crippen LogP contribution in [0.25, 0.3) is 17.0 Å². The first-order valence-corrected chi connectivity index (χ1v) is 5.89. The summed E-state index contributed by atoms with van der Waals surface area (Å²) in [5, 5.41) is 13.1. The number of hydrogen-bond donors (Lipinski definition) is 0. The largest absolute Gasteiger partial charge is 0.469 e. The van der Waals surface area contributed by atoms with E-state index in [1.165, 1.54) is 0 Å². The van der Waals surface area contributed by atoms with Crippen molar-refractivity contribution in [2.45, 2.75) is 20.8 Å². The van der Waals surface area contributed by atoms with Crippen molar-refractivity contribution in [3.05, 3.63) is 34.4 Å². The van der Waals surface area contributed by atoms with Gasteiger partial charge in [0, 0.05) is 5.56 Å². The fraction of sp³-hybridized carbons (Fsp3) is 0.250. The molecule has 0 aromatic carbocycles. The smallest absolute Gasteiger partial charge is 0.188 e. The van der Waals surface area contributed by atoms with Crippen LogP contribution in [0, 0.1) is 20.8 Å². The summed E-state index contributed by atoms with van der Waals surface area (Å²) in [6.45, 7) is 5.75. The first kappa shape index (κ1) is 11.2. The van der Waals surface area contributed by atoms with Crippen LogP contribution in [-0.2, 0) is 0 Å². The quantitative estimate of drug-likeness (QED) is 0.677. The SMILES string of the molecule is Cc1cc(-c2nnc3c(C)c(C)c(Cl)nn23)co1. The predicted octanol–water partition coefficient (Wildman–Crippen LogP) is 2.96. The highest BCUT2D eigenvalue weighted by molar-refractivity contribution is 6.30. The third kappa shape index (κ3) is 1.51. The summed E-state index contributed by atoms with van der Waals surface area (Å²) in [6, 6.07) is 1.89. The predicted molar refractivity (Wildman–Crippen MR) is 67.7 cm³/mol. The van der Waals surface area contributed by atoms with Crippen molar-refractivity contribution in [3.63, 3.8) is 0 Å². The number of furan rings is 1. The van der Waals surface area contributed by atoms with Gasteiger partial charge in [0.05, 0.1) is 5.56 Å². The van der Waals surface area contributed by atoms with Crippen molar-refractivity contribution in [2.75, 3.05) is 0 Å². The molecule has 0 N–H and O–H groups in total. The Hall–Kier alpha value is -1.88. The molecule has 3 aromatic rings. The number of aromatic nitrogens is 4. The molecule has 3 rings (SSSR count). The molecule has 0 atom stereocenters. The van der Waals surface area contributed by atoms with Crippen LogP contribution in [0.4, 0.5) is 0 Å². The van der Waals surface area contributed by atoms with Crippen LogP contribution in [-0.4, -0.2) is 19.8 Å². The number of rotatable bonds is 1. The van der Waals surface area contributed by atoms with Crippen LogP contribution < -0.4 is 0 Å². The Labute approximate surface area is 108 Å². The molecule has 0 aliphatic heterocycles. The molecule has 5 nitrogen and oxygen atoms in total. The zero-order valence-corrected chi connectivity index (χ0v) is 11.0. The molecule has 92 valence electrons. The van der Waals surface area contributed by atoms with Gasteiger partial charge in [-0.05, 0) is 32.4 Å². The van der Waals surface area contributed by atoms with Crippen LogP contribution in [0.5, 0.6) is 0 Å².